The Kier molecular flexibility index (Phi) is 19.9. The summed E-state index contributed by atoms with van der Waals surface area (Å²) in [6, 6.07) is -0.256. The Bertz CT molecular complexity index is 450. The van der Waals surface area contributed by atoms with E-state index in [9.17, 15) is 14.7 Å². The van der Waals surface area contributed by atoms with Gasteiger partial charge in [0.25, 0.3) is 0 Å². The van der Waals surface area contributed by atoms with Gasteiger partial charge in [0, 0.05) is 12.1 Å². The summed E-state index contributed by atoms with van der Waals surface area (Å²) in [6.07, 6.45) is 20.3. The maximum absolute atomic E-state index is 12.3. The molecule has 1 unspecified atom stereocenters. The Balaban J connectivity index is 3.87. The van der Waals surface area contributed by atoms with Crippen molar-refractivity contribution in [3.63, 3.8) is 0 Å². The smallest absolute Gasteiger partial charge is 0.330 e. The van der Waals surface area contributed by atoms with Crippen LogP contribution in [0.4, 0.5) is 0 Å². The molecule has 0 spiro atoms. The number of methoxy groups -OCH3 is 1. The first-order valence-corrected chi connectivity index (χ1v) is 12.3. The minimum Gasteiger partial charge on any atom is -0.466 e. The molecule has 0 aromatic rings. The van der Waals surface area contributed by atoms with Crippen molar-refractivity contribution in [3.05, 3.63) is 12.2 Å². The van der Waals surface area contributed by atoms with Crippen molar-refractivity contribution in [2.45, 2.75) is 129 Å². The third-order valence-electron chi connectivity index (χ3n) is 5.50. The van der Waals surface area contributed by atoms with Gasteiger partial charge in [0.1, 0.15) is 6.10 Å². The molecule has 5 heteroatoms. The summed E-state index contributed by atoms with van der Waals surface area (Å²) in [7, 11) is 1.32. The number of carbonyl (C=O) groups excluding carboxylic acids is 2. The fourth-order valence-corrected chi connectivity index (χ4v) is 3.49. The fourth-order valence-electron chi connectivity index (χ4n) is 3.49. The molecule has 0 rings (SSSR count). The molecule has 5 nitrogen and oxygen atoms in total. The number of hydrogen-bond donors (Lipinski definition) is 2. The lowest BCUT2D eigenvalue weighted by Crippen LogP contribution is -2.40. The van der Waals surface area contributed by atoms with Gasteiger partial charge >= 0.3 is 5.97 Å². The van der Waals surface area contributed by atoms with Gasteiger partial charge in [0.05, 0.1) is 7.11 Å². The molecule has 30 heavy (non-hydrogen) atoms. The van der Waals surface area contributed by atoms with Crippen molar-refractivity contribution in [1.29, 1.82) is 0 Å². The lowest BCUT2D eigenvalue weighted by atomic mass is 10.0. The summed E-state index contributed by atoms with van der Waals surface area (Å²) in [5, 5.41) is 13.0. The quantitative estimate of drug-likeness (QED) is 0.146. The van der Waals surface area contributed by atoms with E-state index in [2.05, 4.69) is 23.9 Å². The second kappa shape index (κ2) is 20.9. The average Bonchev–Trinajstić information content (AvgIpc) is 2.75. The van der Waals surface area contributed by atoms with Gasteiger partial charge in [-0.05, 0) is 12.8 Å². The highest BCUT2D eigenvalue weighted by molar-refractivity contribution is 5.83. The molecule has 0 aliphatic rings. The van der Waals surface area contributed by atoms with E-state index in [0.29, 0.717) is 6.42 Å². The van der Waals surface area contributed by atoms with Gasteiger partial charge in [-0.3, -0.25) is 4.79 Å². The number of ether oxygens (including phenoxy) is 1. The Morgan fingerprint density at radius 2 is 1.30 bits per heavy atom. The number of amides is 1. The van der Waals surface area contributed by atoms with Crippen LogP contribution in [0.15, 0.2) is 12.2 Å². The number of rotatable bonds is 20. The highest BCUT2D eigenvalue weighted by Gasteiger charge is 2.17. The molecule has 0 radical (unpaired) electrons. The van der Waals surface area contributed by atoms with Crippen molar-refractivity contribution in [1.82, 2.24) is 5.32 Å². The third kappa shape index (κ3) is 17.5. The Morgan fingerprint density at radius 3 is 1.80 bits per heavy atom. The fraction of sp³-hybridized carbons (Fsp3) is 0.840. The number of aliphatic hydroxyl groups is 1. The summed E-state index contributed by atoms with van der Waals surface area (Å²) in [5.41, 5.74) is 0. The maximum Gasteiger partial charge on any atom is 0.330 e. The average molecular weight is 426 g/mol. The van der Waals surface area contributed by atoms with E-state index < -0.39 is 12.1 Å². The number of nitrogens with one attached hydrogen (secondary N) is 1. The number of hydrogen-bond acceptors (Lipinski definition) is 4. The molecule has 2 N–H and O–H groups in total. The molecule has 0 heterocycles. The summed E-state index contributed by atoms with van der Waals surface area (Å²) in [5.74, 6) is -0.795. The SMILES string of the molecule is CCCCCCCCCCCCCCC(O)C(=O)N[C@H](/C=C/C(=O)OC)CCCC. The molecular weight excluding hydrogens is 378 g/mol. The summed E-state index contributed by atoms with van der Waals surface area (Å²) in [6.45, 7) is 4.33. The van der Waals surface area contributed by atoms with Gasteiger partial charge in [-0.25, -0.2) is 4.79 Å². The van der Waals surface area contributed by atoms with Crippen LogP contribution in [0.25, 0.3) is 0 Å². The van der Waals surface area contributed by atoms with Crippen LogP contribution >= 0.6 is 0 Å². The highest BCUT2D eigenvalue weighted by atomic mass is 16.5. The van der Waals surface area contributed by atoms with Crippen LogP contribution in [0.3, 0.4) is 0 Å². The topological polar surface area (TPSA) is 75.6 Å². The zero-order chi connectivity index (χ0) is 22.5. The van der Waals surface area contributed by atoms with Gasteiger partial charge in [0.15, 0.2) is 0 Å². The van der Waals surface area contributed by atoms with E-state index in [1.54, 1.807) is 6.08 Å². The molecule has 0 bridgehead atoms. The van der Waals surface area contributed by atoms with Gasteiger partial charge < -0.3 is 15.2 Å². The van der Waals surface area contributed by atoms with E-state index >= 15 is 0 Å². The predicted molar refractivity (Wildman–Crippen MR) is 124 cm³/mol. The minimum atomic E-state index is -0.983. The summed E-state index contributed by atoms with van der Waals surface area (Å²) < 4.78 is 4.60. The van der Waals surface area contributed by atoms with E-state index in [4.69, 9.17) is 0 Å². The lowest BCUT2D eigenvalue weighted by molar-refractivity contribution is -0.135. The number of aliphatic hydroxyl groups excluding tert-OH is 1. The number of carbonyl (C=O) groups is 2. The molecule has 0 aromatic carbocycles. The highest BCUT2D eigenvalue weighted by Crippen LogP contribution is 2.13. The molecule has 0 aliphatic heterocycles. The summed E-state index contributed by atoms with van der Waals surface area (Å²) >= 11 is 0. The van der Waals surface area contributed by atoms with Crippen LogP contribution < -0.4 is 5.32 Å². The van der Waals surface area contributed by atoms with Gasteiger partial charge in [0.2, 0.25) is 5.91 Å². The molecule has 1 amide bonds. The zero-order valence-corrected chi connectivity index (χ0v) is 19.8. The number of unbranched alkanes of at least 4 members (excludes halogenated alkanes) is 12. The largest absolute Gasteiger partial charge is 0.466 e. The van der Waals surface area contributed by atoms with Crippen LogP contribution in [-0.2, 0) is 14.3 Å². The number of esters is 1. The monoisotopic (exact) mass is 425 g/mol. The van der Waals surface area contributed by atoms with Crippen molar-refractivity contribution in [2.24, 2.45) is 0 Å². The minimum absolute atomic E-state index is 0.256. The first-order chi connectivity index (χ1) is 14.5. The molecule has 0 aliphatic carbocycles. The van der Waals surface area contributed by atoms with Crippen LogP contribution in [0.1, 0.15) is 117 Å². The molecular formula is C25H47NO4. The van der Waals surface area contributed by atoms with Crippen LogP contribution in [0, 0.1) is 0 Å². The third-order valence-corrected chi connectivity index (χ3v) is 5.50. The lowest BCUT2D eigenvalue weighted by Gasteiger charge is -2.17. The van der Waals surface area contributed by atoms with Crippen LogP contribution in [0.2, 0.25) is 0 Å². The normalized spacial score (nSPS) is 13.3. The van der Waals surface area contributed by atoms with Gasteiger partial charge in [-0.1, -0.05) is 110 Å². The van der Waals surface area contributed by atoms with Crippen molar-refractivity contribution in [3.8, 4) is 0 Å². The van der Waals surface area contributed by atoms with Crippen LogP contribution in [0.5, 0.6) is 0 Å². The maximum atomic E-state index is 12.3. The molecule has 0 fully saturated rings. The predicted octanol–water partition coefficient (Wildman–Crippen LogP) is 5.84. The Morgan fingerprint density at radius 1 is 0.800 bits per heavy atom. The first-order valence-electron chi connectivity index (χ1n) is 12.3. The first kappa shape index (κ1) is 28.6. The van der Waals surface area contributed by atoms with E-state index in [0.717, 1.165) is 32.1 Å². The van der Waals surface area contributed by atoms with Gasteiger partial charge in [-0.2, -0.15) is 0 Å². The Hall–Kier alpha value is -1.36. The van der Waals surface area contributed by atoms with Crippen molar-refractivity contribution >= 4 is 11.9 Å². The van der Waals surface area contributed by atoms with E-state index in [-0.39, 0.29) is 11.9 Å². The molecule has 0 saturated carbocycles. The second-order valence-electron chi connectivity index (χ2n) is 8.33. The van der Waals surface area contributed by atoms with Crippen LogP contribution in [-0.4, -0.2) is 36.2 Å². The van der Waals surface area contributed by atoms with Crippen molar-refractivity contribution < 1.29 is 19.4 Å². The zero-order valence-electron chi connectivity index (χ0n) is 19.8. The van der Waals surface area contributed by atoms with E-state index in [1.165, 1.54) is 77.4 Å². The molecule has 176 valence electrons. The molecule has 0 saturated heterocycles. The van der Waals surface area contributed by atoms with Crippen molar-refractivity contribution in [2.75, 3.05) is 7.11 Å². The molecule has 2 atom stereocenters. The summed E-state index contributed by atoms with van der Waals surface area (Å²) in [4.78, 5) is 23.5. The Labute approximate surface area is 185 Å². The van der Waals surface area contributed by atoms with E-state index in [1.807, 2.05) is 0 Å². The standard InChI is InChI=1S/C25H47NO4/c1-4-6-8-9-10-11-12-13-14-15-16-17-19-23(27)25(29)26-22(18-7-5-2)20-21-24(28)30-3/h20-23,27H,4-19H2,1-3H3,(H,26,29)/b21-20+/t22-,23?/m0/s1. The van der Waals surface area contributed by atoms with Gasteiger partial charge in [-0.15, -0.1) is 0 Å². The second-order valence-corrected chi connectivity index (χ2v) is 8.33. The molecule has 0 aromatic heterocycles.